The molecule has 3 aromatic rings. The second-order valence-electron chi connectivity index (χ2n) is 6.12. The number of anilines is 1. The number of carbonyl (C=O) groups excluding carboxylic acids is 1. The average Bonchev–Trinajstić information content (AvgIpc) is 2.86. The normalized spacial score (nSPS) is 10.8. The summed E-state index contributed by atoms with van der Waals surface area (Å²) in [7, 11) is 1.86. The lowest BCUT2D eigenvalue weighted by atomic mass is 10.2. The van der Waals surface area contributed by atoms with E-state index in [9.17, 15) is 4.79 Å². The van der Waals surface area contributed by atoms with E-state index in [0.29, 0.717) is 25.1 Å². The fraction of sp³-hybridized carbons (Fsp3) is 0.316. The summed E-state index contributed by atoms with van der Waals surface area (Å²) >= 11 is 0. The van der Waals surface area contributed by atoms with Crippen LogP contribution in [0, 0.1) is 13.8 Å². The zero-order chi connectivity index (χ0) is 17.8. The molecule has 25 heavy (non-hydrogen) atoms. The Morgan fingerprint density at radius 2 is 2.12 bits per heavy atom. The van der Waals surface area contributed by atoms with Crippen molar-refractivity contribution in [1.82, 2.24) is 14.8 Å². The largest absolute Gasteiger partial charge is 0.494 e. The highest BCUT2D eigenvalue weighted by Gasteiger charge is 2.09. The number of nitrogens with one attached hydrogen (secondary N) is 1. The van der Waals surface area contributed by atoms with Crippen LogP contribution in [0.15, 0.2) is 36.5 Å². The molecule has 6 heteroatoms. The molecule has 0 bridgehead atoms. The monoisotopic (exact) mass is 338 g/mol. The standard InChI is InChI=1S/C19H22N4O2/c1-13-6-4-7-16(10-13)25-9-5-8-18(24)21-15-11-17-14(2)22-23(3)19(17)20-12-15/h4,6-7,10-12H,5,8-9H2,1-3H3,(H,21,24). The minimum absolute atomic E-state index is 0.0458. The number of hydrogen-bond donors (Lipinski definition) is 1. The van der Waals surface area contributed by atoms with Crippen LogP contribution < -0.4 is 10.1 Å². The zero-order valence-electron chi connectivity index (χ0n) is 14.7. The van der Waals surface area contributed by atoms with E-state index in [4.69, 9.17) is 4.74 Å². The van der Waals surface area contributed by atoms with Gasteiger partial charge in [-0.2, -0.15) is 5.10 Å². The highest BCUT2D eigenvalue weighted by atomic mass is 16.5. The van der Waals surface area contributed by atoms with Crippen molar-refractivity contribution >= 4 is 22.6 Å². The molecule has 0 saturated carbocycles. The number of amides is 1. The molecule has 0 radical (unpaired) electrons. The first-order valence-corrected chi connectivity index (χ1v) is 8.31. The van der Waals surface area contributed by atoms with Gasteiger partial charge in [-0.3, -0.25) is 9.48 Å². The smallest absolute Gasteiger partial charge is 0.224 e. The number of benzene rings is 1. The molecular weight excluding hydrogens is 316 g/mol. The molecular formula is C19H22N4O2. The second kappa shape index (κ2) is 7.34. The van der Waals surface area contributed by atoms with Crippen LogP contribution in [-0.2, 0) is 11.8 Å². The van der Waals surface area contributed by atoms with E-state index < -0.39 is 0 Å². The lowest BCUT2D eigenvalue weighted by molar-refractivity contribution is -0.116. The van der Waals surface area contributed by atoms with E-state index in [-0.39, 0.29) is 5.91 Å². The van der Waals surface area contributed by atoms with Crippen molar-refractivity contribution in [3.8, 4) is 5.75 Å². The van der Waals surface area contributed by atoms with Crippen molar-refractivity contribution in [3.63, 3.8) is 0 Å². The van der Waals surface area contributed by atoms with Crippen molar-refractivity contribution in [1.29, 1.82) is 0 Å². The second-order valence-corrected chi connectivity index (χ2v) is 6.12. The van der Waals surface area contributed by atoms with Gasteiger partial charge < -0.3 is 10.1 Å². The minimum atomic E-state index is -0.0458. The molecule has 1 aromatic carbocycles. The lowest BCUT2D eigenvalue weighted by Crippen LogP contribution is -2.13. The van der Waals surface area contributed by atoms with E-state index in [1.807, 2.05) is 51.2 Å². The summed E-state index contributed by atoms with van der Waals surface area (Å²) in [5.74, 6) is 0.789. The number of nitrogens with zero attached hydrogens (tertiary/aromatic N) is 3. The molecule has 0 aliphatic carbocycles. The summed E-state index contributed by atoms with van der Waals surface area (Å²) in [6.07, 6.45) is 2.71. The summed E-state index contributed by atoms with van der Waals surface area (Å²) in [6.45, 7) is 4.46. The maximum Gasteiger partial charge on any atom is 0.224 e. The topological polar surface area (TPSA) is 69.0 Å². The Morgan fingerprint density at radius 3 is 2.92 bits per heavy atom. The third-order valence-electron chi connectivity index (χ3n) is 3.95. The van der Waals surface area contributed by atoms with Crippen LogP contribution in [0.5, 0.6) is 5.75 Å². The third-order valence-corrected chi connectivity index (χ3v) is 3.95. The number of hydrogen-bond acceptors (Lipinski definition) is 4. The van der Waals surface area contributed by atoms with Gasteiger partial charge in [-0.1, -0.05) is 12.1 Å². The van der Waals surface area contributed by atoms with Crippen LogP contribution >= 0.6 is 0 Å². The van der Waals surface area contributed by atoms with Gasteiger partial charge in [-0.05, 0) is 44.0 Å². The summed E-state index contributed by atoms with van der Waals surface area (Å²) in [5.41, 5.74) is 3.55. The quantitative estimate of drug-likeness (QED) is 0.700. The van der Waals surface area contributed by atoms with E-state index >= 15 is 0 Å². The van der Waals surface area contributed by atoms with Crippen LogP contribution in [0.1, 0.15) is 24.1 Å². The molecule has 0 saturated heterocycles. The first-order chi connectivity index (χ1) is 12.0. The van der Waals surface area contributed by atoms with Crippen LogP contribution in [0.3, 0.4) is 0 Å². The molecule has 0 unspecified atom stereocenters. The molecule has 2 heterocycles. The Kier molecular flexibility index (Phi) is 4.97. The van der Waals surface area contributed by atoms with Crippen LogP contribution in [-0.4, -0.2) is 27.3 Å². The molecule has 6 nitrogen and oxygen atoms in total. The van der Waals surface area contributed by atoms with Gasteiger partial charge in [0.1, 0.15) is 5.75 Å². The maximum atomic E-state index is 12.1. The Morgan fingerprint density at radius 1 is 1.28 bits per heavy atom. The third kappa shape index (κ3) is 4.15. The molecule has 1 N–H and O–H groups in total. The van der Waals surface area contributed by atoms with Crippen LogP contribution in [0.4, 0.5) is 5.69 Å². The van der Waals surface area contributed by atoms with Gasteiger partial charge in [0.2, 0.25) is 5.91 Å². The van der Waals surface area contributed by atoms with Gasteiger partial charge in [0, 0.05) is 18.9 Å². The summed E-state index contributed by atoms with van der Waals surface area (Å²) in [5, 5.41) is 8.16. The number of carbonyl (C=O) groups is 1. The van der Waals surface area contributed by atoms with E-state index in [0.717, 1.165) is 28.0 Å². The molecule has 1 amide bonds. The van der Waals surface area contributed by atoms with Gasteiger partial charge in [-0.15, -0.1) is 0 Å². The van der Waals surface area contributed by atoms with Crippen molar-refractivity contribution in [2.45, 2.75) is 26.7 Å². The van der Waals surface area contributed by atoms with Crippen LogP contribution in [0.25, 0.3) is 11.0 Å². The minimum Gasteiger partial charge on any atom is -0.494 e. The van der Waals surface area contributed by atoms with Crippen molar-refractivity contribution in [2.75, 3.05) is 11.9 Å². The first kappa shape index (κ1) is 17.0. The first-order valence-electron chi connectivity index (χ1n) is 8.31. The summed E-state index contributed by atoms with van der Waals surface area (Å²) < 4.78 is 7.40. The molecule has 0 aliphatic heterocycles. The van der Waals surface area contributed by atoms with Crippen molar-refractivity contribution in [3.05, 3.63) is 47.8 Å². The van der Waals surface area contributed by atoms with Crippen molar-refractivity contribution in [2.24, 2.45) is 7.05 Å². The Balaban J connectivity index is 1.50. The summed E-state index contributed by atoms with van der Waals surface area (Å²) in [6, 6.07) is 9.79. The van der Waals surface area contributed by atoms with Gasteiger partial charge in [0.15, 0.2) is 5.65 Å². The Bertz CT molecular complexity index is 902. The molecule has 3 rings (SSSR count). The average molecular weight is 338 g/mol. The Labute approximate surface area is 146 Å². The van der Waals surface area contributed by atoms with E-state index in [1.165, 1.54) is 0 Å². The van der Waals surface area contributed by atoms with E-state index in [1.54, 1.807) is 10.9 Å². The Hall–Kier alpha value is -2.89. The molecule has 0 aliphatic rings. The van der Waals surface area contributed by atoms with Crippen LogP contribution in [0.2, 0.25) is 0 Å². The zero-order valence-corrected chi connectivity index (χ0v) is 14.7. The van der Waals surface area contributed by atoms with Gasteiger partial charge >= 0.3 is 0 Å². The fourth-order valence-corrected chi connectivity index (χ4v) is 2.73. The maximum absolute atomic E-state index is 12.1. The molecule has 0 atom stereocenters. The lowest BCUT2D eigenvalue weighted by Gasteiger charge is -2.08. The molecule has 0 spiro atoms. The number of rotatable bonds is 6. The number of fused-ring (bicyclic) bond motifs is 1. The van der Waals surface area contributed by atoms with Crippen molar-refractivity contribution < 1.29 is 9.53 Å². The van der Waals surface area contributed by atoms with E-state index in [2.05, 4.69) is 15.4 Å². The number of ether oxygens (including phenoxy) is 1. The molecule has 130 valence electrons. The molecule has 2 aromatic heterocycles. The molecule has 0 fully saturated rings. The number of aromatic nitrogens is 3. The van der Waals surface area contributed by atoms with Gasteiger partial charge in [0.05, 0.1) is 24.2 Å². The number of pyridine rings is 1. The van der Waals surface area contributed by atoms with Gasteiger partial charge in [-0.25, -0.2) is 4.98 Å². The van der Waals surface area contributed by atoms with Gasteiger partial charge in [0.25, 0.3) is 0 Å². The SMILES string of the molecule is Cc1cccc(OCCCC(=O)Nc2cnc3c(c2)c(C)nn3C)c1. The highest BCUT2D eigenvalue weighted by Crippen LogP contribution is 2.19. The predicted octanol–water partition coefficient (Wildman–Crippen LogP) is 3.38. The summed E-state index contributed by atoms with van der Waals surface area (Å²) in [4.78, 5) is 16.4. The predicted molar refractivity (Wildman–Crippen MR) is 97.8 cm³/mol. The fourth-order valence-electron chi connectivity index (χ4n) is 2.73. The highest BCUT2D eigenvalue weighted by molar-refractivity contribution is 5.93. The number of aryl methyl sites for hydroxylation is 3.